The Morgan fingerprint density at radius 2 is 0.500 bits per heavy atom. The van der Waals surface area contributed by atoms with Crippen LogP contribution in [0, 0.1) is 0 Å². The fourth-order valence-corrected chi connectivity index (χ4v) is 22.5. The second kappa shape index (κ2) is 33.5. The summed E-state index contributed by atoms with van der Waals surface area (Å²) in [6.45, 7) is 82.8. The molecule has 0 spiro atoms. The van der Waals surface area contributed by atoms with Crippen molar-refractivity contribution in [2.75, 3.05) is 9.80 Å². The lowest BCUT2D eigenvalue weighted by Crippen LogP contribution is -2.61. The molecule has 3 aromatic heterocycles. The molecule has 0 radical (unpaired) electrons. The van der Waals surface area contributed by atoms with E-state index >= 15 is 0 Å². The van der Waals surface area contributed by atoms with Gasteiger partial charge in [0.05, 0.1) is 61.1 Å². The molecule has 0 N–H and O–H groups in total. The van der Waals surface area contributed by atoms with Gasteiger partial charge in [0.1, 0.15) is 0 Å². The van der Waals surface area contributed by atoms with Crippen LogP contribution in [0.2, 0.25) is 0 Å². The third-order valence-electron chi connectivity index (χ3n) is 31.3. The highest BCUT2D eigenvalue weighted by Crippen LogP contribution is 2.59. The molecule has 0 unspecified atom stereocenters. The van der Waals surface area contributed by atoms with E-state index in [1.54, 1.807) is 4.57 Å². The van der Waals surface area contributed by atoms with Crippen LogP contribution in [0.15, 0.2) is 279 Å². The van der Waals surface area contributed by atoms with Crippen LogP contribution in [0.1, 0.15) is 327 Å². The quantitative estimate of drug-likeness (QED) is 0.134. The van der Waals surface area contributed by atoms with Gasteiger partial charge >= 0.3 is 0 Å². The molecule has 6 heteroatoms. The molecular formula is C138H154BN5. The number of nitrogens with zero attached hydrogens (tertiary/aromatic N) is 5. The lowest BCUT2D eigenvalue weighted by atomic mass is 9.33. The van der Waals surface area contributed by atoms with Crippen LogP contribution >= 0.6 is 0 Å². The van der Waals surface area contributed by atoms with Gasteiger partial charge in [0.2, 0.25) is 0 Å². The Labute approximate surface area is 872 Å². The minimum absolute atomic E-state index is 0.00960. The Hall–Kier alpha value is -12.6. The van der Waals surface area contributed by atoms with Crippen molar-refractivity contribution in [3.8, 4) is 61.6 Å². The van der Waals surface area contributed by atoms with Crippen LogP contribution in [0.4, 0.5) is 34.1 Å². The summed E-state index contributed by atoms with van der Waals surface area (Å²) in [6.07, 6.45) is 0. The van der Waals surface area contributed by atoms with Gasteiger partial charge < -0.3 is 23.5 Å². The van der Waals surface area contributed by atoms with Crippen molar-refractivity contribution in [3.63, 3.8) is 0 Å². The normalized spacial score (nSPS) is 14.7. The van der Waals surface area contributed by atoms with Gasteiger partial charge in [-0.25, -0.2) is 0 Å². The molecule has 18 aromatic rings. The molecule has 5 heterocycles. The van der Waals surface area contributed by atoms with E-state index in [0.717, 1.165) is 178 Å². The van der Waals surface area contributed by atoms with Crippen molar-refractivity contribution in [1.29, 1.82) is 0 Å². The predicted octanol–water partition coefficient (Wildman–Crippen LogP) is 37.3. The van der Waals surface area contributed by atoms with E-state index in [4.69, 9.17) is 0 Å². The highest BCUT2D eigenvalue weighted by atomic mass is 15.2. The molecule has 2 aliphatic heterocycles. The molecule has 734 valence electrons. The predicted molar refractivity (Wildman–Crippen MR) is 630 cm³/mol. The fraction of sp³-hybridized carbons (Fsp3) is 0.348. The molecule has 20 rings (SSSR count). The highest BCUT2D eigenvalue weighted by Gasteiger charge is 2.48. The zero-order chi connectivity index (χ0) is 110. The summed E-state index contributed by atoms with van der Waals surface area (Å²) in [5.74, 6) is 0. The van der Waals surface area contributed by atoms with E-state index in [1.165, 1.54) is 38.9 Å². The molecule has 2 aliphatic rings. The smallest absolute Gasteiger partial charge is 0.252 e. The summed E-state index contributed by atoms with van der Waals surface area (Å²) in [4.78, 5) is 5.23. The second-order valence-corrected chi connectivity index (χ2v) is 54.4. The molecular weight excluding hydrogens is 1740 g/mol. The minimum Gasteiger partial charge on any atom is -0.310 e. The van der Waals surface area contributed by atoms with Crippen LogP contribution in [0.3, 0.4) is 0 Å². The molecule has 144 heavy (non-hydrogen) atoms. The topological polar surface area (TPSA) is 21.3 Å². The van der Waals surface area contributed by atoms with Crippen LogP contribution in [0.5, 0.6) is 0 Å². The van der Waals surface area contributed by atoms with Gasteiger partial charge in [0, 0.05) is 88.7 Å². The average Bonchev–Trinajstić information content (AvgIpc) is 1.04. The van der Waals surface area contributed by atoms with Crippen molar-refractivity contribution < 1.29 is 11.0 Å². The van der Waals surface area contributed by atoms with Crippen molar-refractivity contribution in [2.45, 2.75) is 314 Å². The molecule has 0 bridgehead atoms. The van der Waals surface area contributed by atoms with Crippen molar-refractivity contribution in [2.24, 2.45) is 0 Å². The van der Waals surface area contributed by atoms with Gasteiger partial charge in [-0.3, -0.25) is 0 Å². The number of fused-ring (bicyclic) bond motifs is 13. The maximum absolute atomic E-state index is 10.8. The summed E-state index contributed by atoms with van der Waals surface area (Å²) >= 11 is 0. The van der Waals surface area contributed by atoms with Crippen LogP contribution in [-0.2, 0) is 65.0 Å². The Morgan fingerprint density at radius 3 is 0.875 bits per heavy atom. The molecule has 0 saturated carbocycles. The first kappa shape index (κ1) is 89.0. The maximum Gasteiger partial charge on any atom is 0.252 e. The Morgan fingerprint density at radius 1 is 0.201 bits per heavy atom. The lowest BCUT2D eigenvalue weighted by Gasteiger charge is -2.46. The molecule has 0 amide bonds. The number of anilines is 6. The van der Waals surface area contributed by atoms with Crippen LogP contribution < -0.4 is 26.2 Å². The largest absolute Gasteiger partial charge is 0.310 e. The number of aromatic nitrogens is 3. The molecule has 0 aliphatic carbocycles. The van der Waals surface area contributed by atoms with Gasteiger partial charge in [0.15, 0.2) is 0 Å². The first-order valence-electron chi connectivity index (χ1n) is 56.5. The summed E-state index contributed by atoms with van der Waals surface area (Å²) in [5, 5.41) is 4.55. The molecule has 0 atom stereocenters. The van der Waals surface area contributed by atoms with Gasteiger partial charge in [-0.15, -0.1) is 0 Å². The van der Waals surface area contributed by atoms with Crippen molar-refractivity contribution in [3.05, 3.63) is 346 Å². The Balaban J connectivity index is 1.10. The lowest BCUT2D eigenvalue weighted by molar-refractivity contribution is 0.569. The van der Waals surface area contributed by atoms with Crippen molar-refractivity contribution >= 4 is 123 Å². The number of benzene rings is 15. The fourth-order valence-electron chi connectivity index (χ4n) is 22.5. The summed E-state index contributed by atoms with van der Waals surface area (Å²) < 4.78 is 89.0. The van der Waals surface area contributed by atoms with Crippen molar-refractivity contribution in [1.82, 2.24) is 13.7 Å². The summed E-state index contributed by atoms with van der Waals surface area (Å²) in [6, 6.07) is 86.8. The summed E-state index contributed by atoms with van der Waals surface area (Å²) in [7, 11) is 0. The van der Waals surface area contributed by atoms with Crippen LogP contribution in [0.25, 0.3) is 127 Å². The zero-order valence-electron chi connectivity index (χ0n) is 101. The van der Waals surface area contributed by atoms with E-state index < -0.39 is 76.7 Å². The third kappa shape index (κ3) is 17.1. The number of hydrogen-bond donors (Lipinski definition) is 0. The highest BCUT2D eigenvalue weighted by molar-refractivity contribution is 7.00. The molecule has 5 nitrogen and oxygen atoms in total. The van der Waals surface area contributed by atoms with Crippen LogP contribution in [-0.4, -0.2) is 20.4 Å². The van der Waals surface area contributed by atoms with E-state index in [1.807, 2.05) is 0 Å². The monoisotopic (exact) mass is 1900 g/mol. The first-order valence-corrected chi connectivity index (χ1v) is 52.5. The maximum atomic E-state index is 10.8. The Kier molecular flexibility index (Phi) is 20.7. The second-order valence-electron chi connectivity index (χ2n) is 54.4. The van der Waals surface area contributed by atoms with Gasteiger partial charge in [0.25, 0.3) is 6.71 Å². The standard InChI is InChI=1S/C138H154BN5/c1-127(2,3)85-51-49-83(50-52-85)101-75-93(135(25,26)27)78-109(103-70-86(128(4,5)6)53-60-111(103)138(34,35)36)125(101)143-120-79-95(140-116-63-54-87(129(7,8)9)71-104(116)105-72-88(130(10,11)12)55-64-117(105)140)58-61-112(120)139-113-62-59-96(141-118-65-56-89(131(13,14)15)73-106(118)107-74-90(132(16,17)18)57-66-119(107)141)80-121(113)144(123-82-97(81-122(143)124(123)139)142-114-47-41-38-44-99(114)100-45-39-42-48-115(100)142)126-102(84-67-91(133(19,20)21)69-92(68-84)134(22,23)24)76-94(136(28,29)30)77-108(126)98-43-37-40-46-110(98)137(31,32)33/h37-82H,1-36H3/i38D,39D,41D,42D,44D,45D,47D,48D. The van der Waals surface area contributed by atoms with Gasteiger partial charge in [-0.2, -0.15) is 0 Å². The summed E-state index contributed by atoms with van der Waals surface area (Å²) in [5.41, 5.74) is 32.7. The molecule has 0 fully saturated rings. The Bertz CT molecular complexity index is 8550. The average molecular weight is 1900 g/mol. The molecule has 0 saturated heterocycles. The van der Waals surface area contributed by atoms with E-state index in [9.17, 15) is 11.0 Å². The first-order chi connectivity index (χ1) is 70.3. The van der Waals surface area contributed by atoms with Gasteiger partial charge in [-0.1, -0.05) is 407 Å². The number of hydrogen-bond acceptors (Lipinski definition) is 2. The minimum atomic E-state index is -0.661. The SMILES string of the molecule is [2H]c1c([2H])c([2H])c2c(c1[2H])c1c([2H])c([2H])c([2H])c([2H])c1n2-c1cc2c3c(c1)N(c1c(-c4ccc(C(C)(C)C)cc4)cc(C(C)(C)C)cc1-c1cc(C(C)(C)C)ccc1C(C)(C)C)c1cc(-n4c5ccc(C(C)(C)C)cc5c5cc(C(C)(C)C)ccc54)ccc1B3c1ccc(-n3c4ccc(C(C)(C)C)cc4c4cc(C(C)(C)C)ccc43)cc1N2c1c(-c2cc(C(C)(C)C)cc(C(C)(C)C)c2)cc(C(C)(C)C)cc1-c1ccccc1C(C)(C)C. The van der Waals surface area contributed by atoms with E-state index in [0.29, 0.717) is 5.69 Å². The number of rotatable bonds is 9. The van der Waals surface area contributed by atoms with Gasteiger partial charge in [-0.05, 0) is 292 Å². The third-order valence-corrected chi connectivity index (χ3v) is 31.3. The van der Waals surface area contributed by atoms with E-state index in [-0.39, 0.29) is 65.1 Å². The zero-order valence-corrected chi connectivity index (χ0v) is 92.8. The molecule has 15 aromatic carbocycles. The number of para-hydroxylation sites is 2. The van der Waals surface area contributed by atoms with E-state index in [2.05, 4.69) is 499 Å².